The molecule has 0 fully saturated rings. The van der Waals surface area contributed by atoms with Gasteiger partial charge in [-0.1, -0.05) is 58.3 Å². The number of unbranched alkanes of at least 4 members (excludes halogenated alkanes) is 15. The minimum Gasteiger partial charge on any atom is -1.00 e. The summed E-state index contributed by atoms with van der Waals surface area (Å²) in [5.41, 5.74) is 7.50. The van der Waals surface area contributed by atoms with E-state index in [0.29, 0.717) is 0 Å². The van der Waals surface area contributed by atoms with Crippen molar-refractivity contribution in [2.75, 3.05) is 0 Å². The van der Waals surface area contributed by atoms with Crippen LogP contribution >= 0.6 is 0 Å². The first kappa shape index (κ1) is 45.7. The Hall–Kier alpha value is -0.279. The van der Waals surface area contributed by atoms with Crippen molar-refractivity contribution in [3.63, 3.8) is 0 Å². The van der Waals surface area contributed by atoms with Gasteiger partial charge in [-0.25, -0.2) is 0 Å². The van der Waals surface area contributed by atoms with Crippen LogP contribution in [0.3, 0.4) is 0 Å². The van der Waals surface area contributed by atoms with Gasteiger partial charge in [0.2, 0.25) is 0 Å². The number of allylic oxidation sites excluding steroid dienone is 4. The Labute approximate surface area is 316 Å². The number of aryl methyl sites for hydroxylation is 2. The summed E-state index contributed by atoms with van der Waals surface area (Å²) < 4.78 is 1.62. The Morgan fingerprint density at radius 3 is 1.35 bits per heavy atom. The Kier molecular flexibility index (Phi) is 23.0. The molecule has 3 rings (SSSR count). The van der Waals surface area contributed by atoms with Crippen molar-refractivity contribution >= 4 is 18.4 Å². The Balaban J connectivity index is 0.00000675. The number of benzene rings is 2. The van der Waals surface area contributed by atoms with Gasteiger partial charge in [-0.05, 0) is 0 Å². The van der Waals surface area contributed by atoms with E-state index in [2.05, 4.69) is 117 Å². The van der Waals surface area contributed by atoms with Gasteiger partial charge in [0.1, 0.15) is 0 Å². The van der Waals surface area contributed by atoms with Crippen LogP contribution in [0.15, 0.2) is 69.1 Å². The van der Waals surface area contributed by atoms with Crippen LogP contribution in [0.1, 0.15) is 148 Å². The largest absolute Gasteiger partial charge is 1.00 e. The summed E-state index contributed by atoms with van der Waals surface area (Å²) in [5, 5.41) is 3.35. The number of halogens is 3. The molecule has 2 aromatic rings. The van der Waals surface area contributed by atoms with E-state index in [1.54, 1.807) is 19.8 Å². The fourth-order valence-corrected chi connectivity index (χ4v) is 16.2. The van der Waals surface area contributed by atoms with Crippen molar-refractivity contribution < 1.29 is 57.7 Å². The summed E-state index contributed by atoms with van der Waals surface area (Å²) in [6.07, 6.45) is 22.8. The van der Waals surface area contributed by atoms with Gasteiger partial charge in [0.05, 0.1) is 0 Å². The summed E-state index contributed by atoms with van der Waals surface area (Å²) in [6.45, 7) is 16.7. The molecule has 2 atom stereocenters. The molecule has 46 heavy (non-hydrogen) atoms. The summed E-state index contributed by atoms with van der Waals surface area (Å²) >= 11 is 2.45. The minimum absolute atomic E-state index is 0. The topological polar surface area (TPSA) is 0 Å². The third-order valence-corrected chi connectivity index (χ3v) is 18.8. The first-order valence-electron chi connectivity index (χ1n) is 18.0. The third kappa shape index (κ3) is 11.4. The van der Waals surface area contributed by atoms with E-state index < -0.39 is 8.07 Å². The van der Waals surface area contributed by atoms with E-state index >= 15 is 0 Å². The van der Waals surface area contributed by atoms with Crippen molar-refractivity contribution in [2.24, 2.45) is 0 Å². The second-order valence-corrected chi connectivity index (χ2v) is 19.3. The van der Waals surface area contributed by atoms with Crippen LogP contribution in [0.2, 0.25) is 11.1 Å². The fourth-order valence-electron chi connectivity index (χ4n) is 8.10. The monoisotopic (exact) mass is 736 g/mol. The average molecular weight is 738 g/mol. The standard InChI is InChI=1S/C41H63Si.3ClH.Ti/c1-8-9-10-11-12-13-14-15-16-17-18-19-20-21-22-26-29-42(39-27-24-23-25-28-39,40-31-34(2)30-35(3)32-40)41(7)33-36(4)37(5)38(41)6;;;;/h23-25,27-28,30-32H,8-22,26,29H2,1-7H3;3*1H;/q;;;;+3/p-3. The van der Waals surface area contributed by atoms with Crippen LogP contribution in [-0.2, 0) is 20.4 Å². The van der Waals surface area contributed by atoms with Gasteiger partial charge in [0.15, 0.2) is 0 Å². The van der Waals surface area contributed by atoms with Gasteiger partial charge in [-0.15, -0.1) is 0 Å². The first-order chi connectivity index (χ1) is 20.7. The van der Waals surface area contributed by atoms with Gasteiger partial charge in [0, 0.05) is 0 Å². The van der Waals surface area contributed by atoms with E-state index in [4.69, 9.17) is 0 Å². The molecular weight excluding hydrogens is 675 g/mol. The molecule has 1 aliphatic carbocycles. The number of hydrogen-bond donors (Lipinski definition) is 0. The van der Waals surface area contributed by atoms with Gasteiger partial charge >= 0.3 is 223 Å². The fraction of sp³-hybridized carbons (Fsp3) is 0.610. The molecule has 0 aromatic heterocycles. The molecule has 0 amide bonds. The van der Waals surface area contributed by atoms with E-state index in [-0.39, 0.29) is 42.3 Å². The van der Waals surface area contributed by atoms with Crippen molar-refractivity contribution in [2.45, 2.75) is 162 Å². The maximum atomic E-state index is 2.63. The molecule has 0 radical (unpaired) electrons. The Morgan fingerprint density at radius 1 is 0.543 bits per heavy atom. The van der Waals surface area contributed by atoms with Crippen LogP contribution in [0.5, 0.6) is 0 Å². The van der Waals surface area contributed by atoms with Crippen molar-refractivity contribution in [1.82, 2.24) is 0 Å². The normalized spacial score (nSPS) is 17.3. The smallest absolute Gasteiger partial charge is 1.00 e. The molecule has 0 aliphatic heterocycles. The summed E-state index contributed by atoms with van der Waals surface area (Å²) in [7, 11) is -2.23. The maximum Gasteiger partial charge on any atom is -1.00 e. The number of hydrogen-bond acceptors (Lipinski definition) is 0. The zero-order valence-corrected chi connectivity index (χ0v) is 35.1. The van der Waals surface area contributed by atoms with Crippen molar-refractivity contribution in [3.8, 4) is 0 Å². The molecule has 0 nitrogen and oxygen atoms in total. The summed E-state index contributed by atoms with van der Waals surface area (Å²) in [6, 6.07) is 20.6. The van der Waals surface area contributed by atoms with E-state index in [1.165, 1.54) is 131 Å². The van der Waals surface area contributed by atoms with Crippen LogP contribution in [0.4, 0.5) is 0 Å². The van der Waals surface area contributed by atoms with Crippen LogP contribution in [-0.4, -0.2) is 8.07 Å². The molecule has 1 aliphatic rings. The van der Waals surface area contributed by atoms with Gasteiger partial charge in [-0.3, -0.25) is 0 Å². The quantitative estimate of drug-likeness (QED) is 0.145. The van der Waals surface area contributed by atoms with Crippen LogP contribution < -0.4 is 47.6 Å². The van der Waals surface area contributed by atoms with Gasteiger partial charge < -0.3 is 37.2 Å². The zero-order valence-electron chi connectivity index (χ0n) is 30.3. The van der Waals surface area contributed by atoms with E-state index in [0.717, 1.165) is 0 Å². The molecule has 5 heteroatoms. The molecule has 0 bridgehead atoms. The number of rotatable bonds is 20. The molecule has 0 heterocycles. The second kappa shape index (κ2) is 23.2. The van der Waals surface area contributed by atoms with Crippen LogP contribution in [0, 0.1) is 13.8 Å². The third-order valence-electron chi connectivity index (χ3n) is 11.0. The maximum absolute atomic E-state index is 2.63. The van der Waals surface area contributed by atoms with Crippen molar-refractivity contribution in [1.29, 1.82) is 0 Å². The Bertz CT molecular complexity index is 1160. The molecule has 0 saturated heterocycles. The first-order valence-corrected chi connectivity index (χ1v) is 20.9. The average Bonchev–Trinajstić information content (AvgIpc) is 3.14. The molecule has 2 aromatic carbocycles. The molecule has 2 unspecified atom stereocenters. The molecule has 0 saturated carbocycles. The van der Waals surface area contributed by atoms with Crippen molar-refractivity contribution in [3.05, 3.63) is 80.3 Å². The van der Waals surface area contributed by atoms with Gasteiger partial charge in [0.25, 0.3) is 0 Å². The zero-order chi connectivity index (χ0) is 31.3. The predicted molar refractivity (Wildman–Crippen MR) is 191 cm³/mol. The molecular formula is C41H63Cl3SiTi. The summed E-state index contributed by atoms with van der Waals surface area (Å²) in [5.74, 6) is 0. The SMILES string of the molecule is CCCCCCCCCCCCCCCCCC[Si](c1ccccc1)(c1cc(C)cc(C)c1)C1(C)C(C)=C(C)C(C)=[C]1[Ti+3].[Cl-].[Cl-].[Cl-]. The summed E-state index contributed by atoms with van der Waals surface area (Å²) in [4.78, 5) is 0. The molecule has 0 N–H and O–H groups in total. The second-order valence-electron chi connectivity index (χ2n) is 14.1. The van der Waals surface area contributed by atoms with Gasteiger partial charge in [-0.2, -0.15) is 0 Å². The predicted octanol–water partition coefficient (Wildman–Crippen LogP) is 3.07. The molecule has 0 spiro atoms. The van der Waals surface area contributed by atoms with E-state index in [9.17, 15) is 0 Å². The van der Waals surface area contributed by atoms with E-state index in [1.807, 2.05) is 0 Å². The van der Waals surface area contributed by atoms with Crippen LogP contribution in [0.25, 0.3) is 0 Å². The minimum atomic E-state index is -2.23. The molecule has 256 valence electrons. The Morgan fingerprint density at radius 2 is 0.957 bits per heavy atom.